The van der Waals surface area contributed by atoms with Crippen molar-refractivity contribution in [3.8, 4) is 0 Å². The summed E-state index contributed by atoms with van der Waals surface area (Å²) < 4.78 is 26.0. The first-order valence-corrected chi connectivity index (χ1v) is 13.2. The fourth-order valence-electron chi connectivity index (χ4n) is 3.86. The van der Waals surface area contributed by atoms with E-state index in [1.165, 1.54) is 33.9 Å². The number of thioether (sulfide) groups is 1. The highest BCUT2D eigenvalue weighted by Crippen LogP contribution is 2.24. The summed E-state index contributed by atoms with van der Waals surface area (Å²) in [6.45, 7) is 0.683. The van der Waals surface area contributed by atoms with Gasteiger partial charge in [0.1, 0.15) is 5.52 Å². The van der Waals surface area contributed by atoms with Crippen molar-refractivity contribution in [2.24, 2.45) is 0 Å². The van der Waals surface area contributed by atoms with Gasteiger partial charge in [-0.15, -0.1) is 20.4 Å². The Morgan fingerprint density at radius 2 is 1.65 bits per heavy atom. The summed E-state index contributed by atoms with van der Waals surface area (Å²) in [7, 11) is -3.61. The maximum absolute atomic E-state index is 13.2. The maximum atomic E-state index is 13.2. The summed E-state index contributed by atoms with van der Waals surface area (Å²) in [5.74, 6) is -0.486. The van der Waals surface area contributed by atoms with Gasteiger partial charge in [0.25, 0.3) is 17.6 Å². The third-order valence-electron chi connectivity index (χ3n) is 5.38. The van der Waals surface area contributed by atoms with Crippen molar-refractivity contribution < 1.29 is 18.0 Å². The number of hydrogen-bond donors (Lipinski definition) is 0. The van der Waals surface area contributed by atoms with E-state index in [2.05, 4.69) is 20.4 Å². The van der Waals surface area contributed by atoms with Crippen LogP contribution in [0.4, 0.5) is 0 Å². The maximum Gasteiger partial charge on any atom is 0.275 e. The summed E-state index contributed by atoms with van der Waals surface area (Å²) in [6.07, 6.45) is 1.65. The minimum absolute atomic E-state index is 0.00888. The molecule has 1 aliphatic rings. The van der Waals surface area contributed by atoms with E-state index in [0.29, 0.717) is 36.0 Å². The monoisotopic (exact) mass is 497 g/mol. The van der Waals surface area contributed by atoms with Crippen LogP contribution in [-0.4, -0.2) is 80.1 Å². The minimum Gasteiger partial charge on any atom is -0.272 e. The molecule has 0 atom stereocenters. The van der Waals surface area contributed by atoms with E-state index in [9.17, 15) is 18.0 Å². The molecule has 0 radical (unpaired) electrons. The van der Waals surface area contributed by atoms with E-state index < -0.39 is 15.7 Å². The first-order valence-electron chi connectivity index (χ1n) is 10.3. The predicted molar refractivity (Wildman–Crippen MR) is 124 cm³/mol. The third-order valence-corrected chi connectivity index (χ3v) is 7.45. The second-order valence-corrected chi connectivity index (χ2v) is 10.6. The van der Waals surface area contributed by atoms with Crippen LogP contribution in [0.3, 0.4) is 0 Å². The smallest absolute Gasteiger partial charge is 0.272 e. The normalized spacial score (nSPS) is 14.3. The highest BCUT2D eigenvalue weighted by atomic mass is 32.2. The number of nitrogens with zero attached hydrogens (tertiary/aromatic N) is 7. The van der Waals surface area contributed by atoms with Crippen LogP contribution in [0, 0.1) is 0 Å². The Labute approximate surface area is 198 Å². The van der Waals surface area contributed by atoms with Gasteiger partial charge in [-0.05, 0) is 30.7 Å². The number of rotatable bonds is 5. The number of para-hydroxylation sites is 1. The number of aromatic nitrogens is 5. The summed E-state index contributed by atoms with van der Waals surface area (Å²) in [4.78, 5) is 26.2. The van der Waals surface area contributed by atoms with E-state index in [-0.39, 0.29) is 22.1 Å². The molecule has 3 heterocycles. The zero-order valence-electron chi connectivity index (χ0n) is 18.0. The molecule has 0 saturated carbocycles. The molecule has 13 heteroatoms. The van der Waals surface area contributed by atoms with Crippen LogP contribution in [0.1, 0.15) is 16.8 Å². The Morgan fingerprint density at radius 1 is 0.941 bits per heavy atom. The lowest BCUT2D eigenvalue weighted by Gasteiger charge is -2.28. The van der Waals surface area contributed by atoms with E-state index in [1.807, 2.05) is 24.3 Å². The molecule has 1 fully saturated rings. The van der Waals surface area contributed by atoms with Crippen molar-refractivity contribution in [1.82, 2.24) is 34.8 Å². The number of benzene rings is 2. The lowest BCUT2D eigenvalue weighted by molar-refractivity contribution is -0.137. The fraction of sp³-hybridized carbons (Fsp3) is 0.238. The zero-order chi connectivity index (χ0) is 23.9. The molecule has 1 aliphatic heterocycles. The third kappa shape index (κ3) is 3.96. The zero-order valence-corrected chi connectivity index (χ0v) is 19.7. The number of fused-ring (bicyclic) bond motifs is 3. The summed E-state index contributed by atoms with van der Waals surface area (Å²) >= 11 is 1.18. The van der Waals surface area contributed by atoms with Crippen LogP contribution in [0.25, 0.3) is 16.8 Å². The largest absolute Gasteiger partial charge is 0.275 e. The molecule has 34 heavy (non-hydrogen) atoms. The van der Waals surface area contributed by atoms with Crippen molar-refractivity contribution in [2.75, 3.05) is 25.1 Å². The molecule has 0 bridgehead atoms. The average Bonchev–Trinajstić information content (AvgIpc) is 3.49. The molecule has 0 N–H and O–H groups in total. The Balaban J connectivity index is 1.37. The van der Waals surface area contributed by atoms with E-state index >= 15 is 0 Å². The van der Waals surface area contributed by atoms with E-state index in [4.69, 9.17) is 0 Å². The van der Waals surface area contributed by atoms with Gasteiger partial charge in [-0.1, -0.05) is 36.0 Å². The number of carbonyl (C=O) groups excluding carboxylic acids is 2. The highest BCUT2D eigenvalue weighted by molar-refractivity contribution is 7.99. The van der Waals surface area contributed by atoms with Crippen molar-refractivity contribution in [3.63, 3.8) is 0 Å². The summed E-state index contributed by atoms with van der Waals surface area (Å²) in [5.41, 5.74) is 1.48. The van der Waals surface area contributed by atoms with Crippen LogP contribution in [0.15, 0.2) is 58.6 Å². The standard InChI is InChI=1S/C21H19N7O4S2/c1-34(31,32)17-10-5-2-7-14(17)19(30)27-12-6-11-26(27)18(29)13-33-21-25-24-20-23-22-15-8-3-4-9-16(15)28(20)21/h2-5,7-10H,6,11-13H2,1H3. The Kier molecular flexibility index (Phi) is 5.65. The van der Waals surface area contributed by atoms with Crippen LogP contribution in [0.5, 0.6) is 0 Å². The van der Waals surface area contributed by atoms with Gasteiger partial charge in [-0.2, -0.15) is 0 Å². The van der Waals surface area contributed by atoms with E-state index in [1.54, 1.807) is 16.5 Å². The van der Waals surface area contributed by atoms with Crippen molar-refractivity contribution in [2.45, 2.75) is 16.5 Å². The molecule has 11 nitrogen and oxygen atoms in total. The molecule has 0 aliphatic carbocycles. The Morgan fingerprint density at radius 3 is 2.47 bits per heavy atom. The molecule has 0 spiro atoms. The Bertz CT molecular complexity index is 1540. The first-order chi connectivity index (χ1) is 16.3. The summed E-state index contributed by atoms with van der Waals surface area (Å²) in [5, 5.41) is 19.5. The van der Waals surface area contributed by atoms with Gasteiger partial charge >= 0.3 is 0 Å². The van der Waals surface area contributed by atoms with Crippen molar-refractivity contribution in [3.05, 3.63) is 54.1 Å². The van der Waals surface area contributed by atoms with Crippen molar-refractivity contribution >= 4 is 50.2 Å². The number of hydrogen-bond acceptors (Lipinski definition) is 9. The summed E-state index contributed by atoms with van der Waals surface area (Å²) in [6, 6.07) is 13.4. The molecule has 1 saturated heterocycles. The van der Waals surface area contributed by atoms with Gasteiger partial charge in [-0.25, -0.2) is 13.4 Å². The number of carbonyl (C=O) groups is 2. The number of sulfone groups is 1. The predicted octanol–water partition coefficient (Wildman–Crippen LogP) is 1.46. The molecule has 2 aromatic heterocycles. The van der Waals surface area contributed by atoms with Crippen LogP contribution >= 0.6 is 11.8 Å². The molecule has 5 rings (SSSR count). The molecule has 174 valence electrons. The second kappa shape index (κ2) is 8.65. The first kappa shape index (κ1) is 22.2. The molecule has 2 aromatic carbocycles. The van der Waals surface area contributed by atoms with Gasteiger partial charge in [0, 0.05) is 19.3 Å². The molecular weight excluding hydrogens is 478 g/mol. The molecular formula is C21H19N7O4S2. The van der Waals surface area contributed by atoms with Gasteiger partial charge in [0.2, 0.25) is 0 Å². The Hall–Kier alpha value is -3.58. The van der Waals surface area contributed by atoms with Gasteiger partial charge in [-0.3, -0.25) is 19.0 Å². The van der Waals surface area contributed by atoms with E-state index in [0.717, 1.165) is 11.8 Å². The number of hydrazine groups is 1. The quantitative estimate of drug-likeness (QED) is 0.376. The lowest BCUT2D eigenvalue weighted by Crippen LogP contribution is -2.46. The number of amides is 2. The minimum atomic E-state index is -3.61. The van der Waals surface area contributed by atoms with Gasteiger partial charge in [0.15, 0.2) is 15.0 Å². The van der Waals surface area contributed by atoms with Gasteiger partial charge < -0.3 is 0 Å². The molecule has 0 unspecified atom stereocenters. The van der Waals surface area contributed by atoms with Gasteiger partial charge in [0.05, 0.1) is 21.7 Å². The lowest BCUT2D eigenvalue weighted by atomic mass is 10.2. The van der Waals surface area contributed by atoms with Crippen LogP contribution in [0.2, 0.25) is 0 Å². The molecule has 4 aromatic rings. The topological polar surface area (TPSA) is 131 Å². The highest BCUT2D eigenvalue weighted by Gasteiger charge is 2.33. The second-order valence-electron chi connectivity index (χ2n) is 7.66. The van der Waals surface area contributed by atoms with Crippen LogP contribution < -0.4 is 0 Å². The van der Waals surface area contributed by atoms with Crippen molar-refractivity contribution in [1.29, 1.82) is 0 Å². The fourth-order valence-corrected chi connectivity index (χ4v) is 5.55. The molecule has 2 amide bonds. The SMILES string of the molecule is CS(=O)(=O)c1ccccc1C(=O)N1CCCN1C(=O)CSc1nnc2nnc3ccccc3n12. The average molecular weight is 498 g/mol. The van der Waals surface area contributed by atoms with Crippen LogP contribution in [-0.2, 0) is 14.6 Å².